The van der Waals surface area contributed by atoms with E-state index in [1.807, 2.05) is 25.3 Å². The van der Waals surface area contributed by atoms with Crippen LogP contribution in [0.4, 0.5) is 0 Å². The van der Waals surface area contributed by atoms with Gasteiger partial charge in [0.1, 0.15) is 0 Å². The third kappa shape index (κ3) is 2.28. The van der Waals surface area contributed by atoms with Crippen LogP contribution >= 0.6 is 27.5 Å². The standard InChI is InChI=1S/C13H11BrClN/c1-9(8-15)7-10-4-5-12(14)11-3-2-6-16-13(10)11/h2-7H,8H2,1H3/b9-7-. The molecule has 1 heterocycles. The lowest BCUT2D eigenvalue weighted by atomic mass is 10.1. The molecule has 16 heavy (non-hydrogen) atoms. The third-order valence-electron chi connectivity index (χ3n) is 2.36. The number of benzene rings is 1. The summed E-state index contributed by atoms with van der Waals surface area (Å²) in [7, 11) is 0. The van der Waals surface area contributed by atoms with E-state index in [0.717, 1.165) is 26.5 Å². The lowest BCUT2D eigenvalue weighted by Crippen LogP contribution is -1.85. The maximum atomic E-state index is 5.79. The Hall–Kier alpha value is -0.860. The van der Waals surface area contributed by atoms with Crippen molar-refractivity contribution in [1.82, 2.24) is 4.98 Å². The van der Waals surface area contributed by atoms with Crippen molar-refractivity contribution in [3.8, 4) is 0 Å². The smallest absolute Gasteiger partial charge is 0.0785 e. The van der Waals surface area contributed by atoms with Gasteiger partial charge >= 0.3 is 0 Å². The molecule has 1 nitrogen and oxygen atoms in total. The maximum Gasteiger partial charge on any atom is 0.0785 e. The Labute approximate surface area is 108 Å². The number of allylic oxidation sites excluding steroid dienone is 1. The molecule has 3 heteroatoms. The predicted molar refractivity (Wildman–Crippen MR) is 73.8 cm³/mol. The molecule has 0 amide bonds. The van der Waals surface area contributed by atoms with Gasteiger partial charge in [-0.1, -0.05) is 39.7 Å². The third-order valence-corrected chi connectivity index (χ3v) is 3.47. The number of halogens is 2. The summed E-state index contributed by atoms with van der Waals surface area (Å²) in [5.74, 6) is 0.546. The van der Waals surface area contributed by atoms with Crippen molar-refractivity contribution in [2.45, 2.75) is 6.92 Å². The molecular weight excluding hydrogens is 286 g/mol. The van der Waals surface area contributed by atoms with Crippen molar-refractivity contribution in [3.63, 3.8) is 0 Å². The largest absolute Gasteiger partial charge is 0.256 e. The maximum absolute atomic E-state index is 5.79. The van der Waals surface area contributed by atoms with Crippen molar-refractivity contribution in [2.24, 2.45) is 0 Å². The molecule has 0 fully saturated rings. The van der Waals surface area contributed by atoms with Crippen LogP contribution < -0.4 is 0 Å². The van der Waals surface area contributed by atoms with Gasteiger partial charge in [-0.25, -0.2) is 0 Å². The van der Waals surface area contributed by atoms with Gasteiger partial charge in [-0.2, -0.15) is 0 Å². The van der Waals surface area contributed by atoms with Crippen molar-refractivity contribution < 1.29 is 0 Å². The Balaban J connectivity index is 2.68. The fraction of sp³-hybridized carbons (Fsp3) is 0.154. The summed E-state index contributed by atoms with van der Waals surface area (Å²) in [4.78, 5) is 4.41. The van der Waals surface area contributed by atoms with Gasteiger partial charge in [0, 0.05) is 27.5 Å². The highest BCUT2D eigenvalue weighted by molar-refractivity contribution is 9.10. The molecule has 1 aromatic carbocycles. The van der Waals surface area contributed by atoms with Gasteiger partial charge in [0.25, 0.3) is 0 Å². The second kappa shape index (κ2) is 4.98. The van der Waals surface area contributed by atoms with Crippen LogP contribution in [-0.4, -0.2) is 10.9 Å². The van der Waals surface area contributed by atoms with Crippen molar-refractivity contribution in [3.05, 3.63) is 46.1 Å². The molecule has 82 valence electrons. The van der Waals surface area contributed by atoms with E-state index in [0.29, 0.717) is 5.88 Å². The fourth-order valence-electron chi connectivity index (χ4n) is 1.58. The second-order valence-corrected chi connectivity index (χ2v) is 4.78. The second-order valence-electron chi connectivity index (χ2n) is 3.66. The summed E-state index contributed by atoms with van der Waals surface area (Å²) in [6.07, 6.45) is 3.89. The Morgan fingerprint density at radius 2 is 2.25 bits per heavy atom. The molecule has 0 N–H and O–H groups in total. The molecule has 2 rings (SSSR count). The van der Waals surface area contributed by atoms with E-state index in [2.05, 4.69) is 39.1 Å². The Kier molecular flexibility index (Phi) is 3.62. The highest BCUT2D eigenvalue weighted by Crippen LogP contribution is 2.26. The molecule has 2 aromatic rings. The van der Waals surface area contributed by atoms with Gasteiger partial charge in [-0.05, 0) is 19.1 Å². The number of fused-ring (bicyclic) bond motifs is 1. The minimum absolute atomic E-state index is 0.546. The normalized spacial score (nSPS) is 12.1. The summed E-state index contributed by atoms with van der Waals surface area (Å²) in [5.41, 5.74) is 3.24. The number of pyridine rings is 1. The molecular formula is C13H11BrClN. The van der Waals surface area contributed by atoms with Crippen LogP contribution in [0, 0.1) is 0 Å². The monoisotopic (exact) mass is 295 g/mol. The van der Waals surface area contributed by atoms with Gasteiger partial charge < -0.3 is 0 Å². The van der Waals surface area contributed by atoms with E-state index < -0.39 is 0 Å². The molecule has 0 aliphatic heterocycles. The average molecular weight is 297 g/mol. The summed E-state index contributed by atoms with van der Waals surface area (Å²) >= 11 is 9.31. The first-order valence-corrected chi connectivity index (χ1v) is 6.31. The zero-order chi connectivity index (χ0) is 11.5. The lowest BCUT2D eigenvalue weighted by molar-refractivity contribution is 1.39. The fourth-order valence-corrected chi connectivity index (χ4v) is 2.11. The van der Waals surface area contributed by atoms with Gasteiger partial charge in [0.05, 0.1) is 5.52 Å². The van der Waals surface area contributed by atoms with Crippen LogP contribution in [0.15, 0.2) is 40.5 Å². The Morgan fingerprint density at radius 1 is 1.44 bits per heavy atom. The summed E-state index contributed by atoms with van der Waals surface area (Å²) in [5, 5.41) is 1.12. The van der Waals surface area contributed by atoms with E-state index in [9.17, 15) is 0 Å². The number of hydrogen-bond donors (Lipinski definition) is 0. The lowest BCUT2D eigenvalue weighted by Gasteiger charge is -2.04. The number of nitrogens with zero attached hydrogens (tertiary/aromatic N) is 1. The van der Waals surface area contributed by atoms with Crippen LogP contribution in [0.25, 0.3) is 17.0 Å². The summed E-state index contributed by atoms with van der Waals surface area (Å²) in [6.45, 7) is 2.02. The molecule has 0 unspecified atom stereocenters. The van der Waals surface area contributed by atoms with Gasteiger partial charge in [-0.3, -0.25) is 4.98 Å². The molecule has 0 saturated carbocycles. The number of hydrogen-bond acceptors (Lipinski definition) is 1. The highest BCUT2D eigenvalue weighted by Gasteiger charge is 2.03. The first-order chi connectivity index (χ1) is 7.72. The Morgan fingerprint density at radius 3 is 3.00 bits per heavy atom. The van der Waals surface area contributed by atoms with E-state index in [1.165, 1.54) is 0 Å². The molecule has 0 bridgehead atoms. The van der Waals surface area contributed by atoms with Crippen LogP contribution in [0.3, 0.4) is 0 Å². The molecule has 0 aliphatic carbocycles. The zero-order valence-corrected chi connectivity index (χ0v) is 11.2. The van der Waals surface area contributed by atoms with Crippen LogP contribution in [0.2, 0.25) is 0 Å². The van der Waals surface area contributed by atoms with Crippen LogP contribution in [-0.2, 0) is 0 Å². The quantitative estimate of drug-likeness (QED) is 0.736. The molecule has 1 aromatic heterocycles. The minimum Gasteiger partial charge on any atom is -0.256 e. The van der Waals surface area contributed by atoms with E-state index in [-0.39, 0.29) is 0 Å². The summed E-state index contributed by atoms with van der Waals surface area (Å²) < 4.78 is 1.07. The molecule has 0 radical (unpaired) electrons. The van der Waals surface area contributed by atoms with Gasteiger partial charge in [-0.15, -0.1) is 11.6 Å². The first-order valence-electron chi connectivity index (χ1n) is 4.98. The van der Waals surface area contributed by atoms with E-state index in [1.54, 1.807) is 0 Å². The topological polar surface area (TPSA) is 12.9 Å². The predicted octanol–water partition coefficient (Wildman–Crippen LogP) is 4.64. The van der Waals surface area contributed by atoms with Crippen molar-refractivity contribution in [2.75, 3.05) is 5.88 Å². The number of aromatic nitrogens is 1. The number of rotatable bonds is 2. The van der Waals surface area contributed by atoms with Crippen molar-refractivity contribution >= 4 is 44.5 Å². The van der Waals surface area contributed by atoms with E-state index in [4.69, 9.17) is 11.6 Å². The van der Waals surface area contributed by atoms with Gasteiger partial charge in [0.2, 0.25) is 0 Å². The van der Waals surface area contributed by atoms with Crippen molar-refractivity contribution in [1.29, 1.82) is 0 Å². The SMILES string of the molecule is C/C(=C/c1ccc(Br)c2cccnc12)CCl. The first kappa shape index (κ1) is 11.6. The zero-order valence-electron chi connectivity index (χ0n) is 8.87. The molecule has 0 saturated heterocycles. The minimum atomic E-state index is 0.546. The van der Waals surface area contributed by atoms with Crippen LogP contribution in [0.1, 0.15) is 12.5 Å². The van der Waals surface area contributed by atoms with Gasteiger partial charge in [0.15, 0.2) is 0 Å². The molecule has 0 spiro atoms. The van der Waals surface area contributed by atoms with Crippen LogP contribution in [0.5, 0.6) is 0 Å². The van der Waals surface area contributed by atoms with E-state index >= 15 is 0 Å². The average Bonchev–Trinajstić information content (AvgIpc) is 2.33. The summed E-state index contributed by atoms with van der Waals surface area (Å²) in [6, 6.07) is 8.08. The molecule has 0 aliphatic rings. The number of alkyl halides is 1. The highest BCUT2D eigenvalue weighted by atomic mass is 79.9. The molecule has 0 atom stereocenters. The Bertz CT molecular complexity index is 549.